The van der Waals surface area contributed by atoms with Crippen molar-refractivity contribution in [3.05, 3.63) is 28.8 Å². The van der Waals surface area contributed by atoms with Crippen LogP contribution in [0.1, 0.15) is 26.1 Å². The summed E-state index contributed by atoms with van der Waals surface area (Å²) in [7, 11) is 2.10. The van der Waals surface area contributed by atoms with Gasteiger partial charge in [0.05, 0.1) is 21.9 Å². The van der Waals surface area contributed by atoms with E-state index in [0.29, 0.717) is 17.4 Å². The molecule has 1 heterocycles. The number of alkyl halides is 1. The van der Waals surface area contributed by atoms with Crippen LogP contribution in [0.5, 0.6) is 0 Å². The second-order valence-corrected chi connectivity index (χ2v) is 6.17. The molecule has 2 aromatic rings. The van der Waals surface area contributed by atoms with Crippen molar-refractivity contribution in [1.29, 1.82) is 0 Å². The van der Waals surface area contributed by atoms with E-state index < -0.39 is 5.82 Å². The number of hydrogen-bond donors (Lipinski definition) is 0. The first-order chi connectivity index (χ1) is 9.93. The number of aromatic nitrogens is 2. The van der Waals surface area contributed by atoms with E-state index >= 15 is 0 Å². The Morgan fingerprint density at radius 3 is 2.71 bits per heavy atom. The molecule has 0 radical (unpaired) electrons. The van der Waals surface area contributed by atoms with Crippen molar-refractivity contribution >= 4 is 34.2 Å². The van der Waals surface area contributed by atoms with E-state index in [-0.39, 0.29) is 5.02 Å². The lowest BCUT2D eigenvalue weighted by Gasteiger charge is -2.21. The van der Waals surface area contributed by atoms with Gasteiger partial charge in [-0.1, -0.05) is 11.6 Å². The number of hydrogen-bond acceptors (Lipinski definition) is 2. The number of aryl methyl sites for hydroxylation is 1. The van der Waals surface area contributed by atoms with Crippen molar-refractivity contribution in [2.75, 3.05) is 13.6 Å². The van der Waals surface area contributed by atoms with Gasteiger partial charge in [0.1, 0.15) is 11.6 Å². The zero-order chi connectivity index (χ0) is 15.6. The molecule has 1 aromatic carbocycles. The van der Waals surface area contributed by atoms with Crippen LogP contribution in [-0.2, 0) is 12.4 Å². The molecule has 1 aromatic heterocycles. The molecule has 0 bridgehead atoms. The number of benzene rings is 1. The van der Waals surface area contributed by atoms with Crippen LogP contribution in [-0.4, -0.2) is 34.1 Å². The fourth-order valence-corrected chi connectivity index (χ4v) is 2.62. The molecule has 6 heteroatoms. The molecule has 2 rings (SSSR count). The summed E-state index contributed by atoms with van der Waals surface area (Å²) in [5.74, 6) is 0.625. The molecule has 116 valence electrons. The smallest absolute Gasteiger partial charge is 0.144 e. The quantitative estimate of drug-likeness (QED) is 0.736. The second kappa shape index (κ2) is 6.95. The number of fused-ring (bicyclic) bond motifs is 1. The summed E-state index contributed by atoms with van der Waals surface area (Å²) in [4.78, 5) is 6.71. The second-order valence-electron chi connectivity index (χ2n) is 5.50. The Balaban J connectivity index is 2.23. The molecule has 0 fully saturated rings. The van der Waals surface area contributed by atoms with Gasteiger partial charge in [0.2, 0.25) is 0 Å². The normalized spacial score (nSPS) is 12.0. The maximum Gasteiger partial charge on any atom is 0.144 e. The number of halogens is 3. The molecule has 0 spiro atoms. The topological polar surface area (TPSA) is 21.1 Å². The van der Waals surface area contributed by atoms with Crippen LogP contribution in [0.25, 0.3) is 11.0 Å². The molecular weight excluding hydrogens is 312 g/mol. The molecular formula is C15H20Cl2FN3. The summed E-state index contributed by atoms with van der Waals surface area (Å²) in [6.45, 7) is 6.05. The highest BCUT2D eigenvalue weighted by molar-refractivity contribution is 6.31. The lowest BCUT2D eigenvalue weighted by atomic mass is 10.3. The first kappa shape index (κ1) is 16.5. The predicted molar refractivity (Wildman–Crippen MR) is 86.6 cm³/mol. The minimum Gasteiger partial charge on any atom is -0.327 e. The molecule has 3 nitrogen and oxygen atoms in total. The van der Waals surface area contributed by atoms with Gasteiger partial charge < -0.3 is 9.47 Å². The van der Waals surface area contributed by atoms with Crippen LogP contribution in [0.3, 0.4) is 0 Å². The maximum atomic E-state index is 13.7. The molecule has 0 unspecified atom stereocenters. The predicted octanol–water partition coefficient (Wildman–Crippen LogP) is 4.30. The molecule has 0 aliphatic rings. The number of rotatable bonds is 6. The van der Waals surface area contributed by atoms with Gasteiger partial charge >= 0.3 is 0 Å². The average molecular weight is 332 g/mol. The highest BCUT2D eigenvalue weighted by Gasteiger charge is 2.13. The minimum atomic E-state index is -0.425. The van der Waals surface area contributed by atoms with Crippen LogP contribution < -0.4 is 0 Å². The van der Waals surface area contributed by atoms with Gasteiger partial charge in [-0.3, -0.25) is 0 Å². The monoisotopic (exact) mass is 331 g/mol. The lowest BCUT2D eigenvalue weighted by Crippen LogP contribution is -2.28. The molecule has 0 N–H and O–H groups in total. The van der Waals surface area contributed by atoms with Crippen LogP contribution >= 0.6 is 23.2 Å². The van der Waals surface area contributed by atoms with Crippen molar-refractivity contribution in [3.63, 3.8) is 0 Å². The van der Waals surface area contributed by atoms with E-state index in [1.807, 2.05) is 4.57 Å². The Morgan fingerprint density at radius 2 is 2.10 bits per heavy atom. The van der Waals surface area contributed by atoms with Gasteiger partial charge in [-0.2, -0.15) is 0 Å². The van der Waals surface area contributed by atoms with Crippen molar-refractivity contribution in [3.8, 4) is 0 Å². The van der Waals surface area contributed by atoms with Crippen LogP contribution in [0.2, 0.25) is 5.02 Å². The van der Waals surface area contributed by atoms with Crippen LogP contribution in [0.4, 0.5) is 4.39 Å². The molecule has 0 saturated heterocycles. The van der Waals surface area contributed by atoms with Crippen molar-refractivity contribution < 1.29 is 4.39 Å². The minimum absolute atomic E-state index is 0.0906. The van der Waals surface area contributed by atoms with E-state index in [2.05, 4.69) is 30.8 Å². The maximum absolute atomic E-state index is 13.7. The van der Waals surface area contributed by atoms with Crippen molar-refractivity contribution in [2.45, 2.75) is 38.7 Å². The van der Waals surface area contributed by atoms with Gasteiger partial charge in [0.25, 0.3) is 0 Å². The van der Waals surface area contributed by atoms with Gasteiger partial charge in [0.15, 0.2) is 0 Å². The van der Waals surface area contributed by atoms with Crippen LogP contribution in [0.15, 0.2) is 12.1 Å². The Morgan fingerprint density at radius 1 is 1.38 bits per heavy atom. The highest BCUT2D eigenvalue weighted by Crippen LogP contribution is 2.24. The van der Waals surface area contributed by atoms with Crippen LogP contribution in [0, 0.1) is 5.82 Å². The summed E-state index contributed by atoms with van der Waals surface area (Å²) in [5, 5.41) is 0.0906. The van der Waals surface area contributed by atoms with Gasteiger partial charge in [-0.15, -0.1) is 11.6 Å². The van der Waals surface area contributed by atoms with Gasteiger partial charge in [-0.05, 0) is 39.9 Å². The molecule has 0 aliphatic carbocycles. The first-order valence-corrected chi connectivity index (χ1v) is 7.95. The summed E-state index contributed by atoms with van der Waals surface area (Å²) >= 11 is 11.8. The molecule has 0 aliphatic heterocycles. The Bertz CT molecular complexity index is 625. The Kier molecular flexibility index (Phi) is 5.47. The Labute approximate surface area is 134 Å². The van der Waals surface area contributed by atoms with Gasteiger partial charge in [0, 0.05) is 18.7 Å². The zero-order valence-electron chi connectivity index (χ0n) is 12.5. The Hall–Kier alpha value is -0.840. The van der Waals surface area contributed by atoms with Crippen molar-refractivity contribution in [2.24, 2.45) is 0 Å². The van der Waals surface area contributed by atoms with E-state index in [9.17, 15) is 4.39 Å². The third-order valence-corrected chi connectivity index (χ3v) is 4.29. The van der Waals surface area contributed by atoms with E-state index in [4.69, 9.17) is 23.2 Å². The SMILES string of the molecule is CC(C)N(C)CCCn1c(CCl)nc2cc(Cl)c(F)cc21. The third-order valence-electron chi connectivity index (χ3n) is 3.76. The zero-order valence-corrected chi connectivity index (χ0v) is 14.0. The van der Waals surface area contributed by atoms with E-state index in [0.717, 1.165) is 30.9 Å². The standard InChI is InChI=1S/C15H20Cl2FN3/c1-10(2)20(3)5-4-6-21-14-8-12(18)11(17)7-13(14)19-15(21)9-16/h7-8,10H,4-6,9H2,1-3H3. The average Bonchev–Trinajstić information content (AvgIpc) is 2.76. The summed E-state index contributed by atoms with van der Waals surface area (Å²) in [5.41, 5.74) is 1.44. The number of nitrogens with zero attached hydrogens (tertiary/aromatic N) is 3. The fraction of sp³-hybridized carbons (Fsp3) is 0.533. The summed E-state index contributed by atoms with van der Waals surface area (Å²) in [6.07, 6.45) is 0.953. The molecule has 0 atom stereocenters. The fourth-order valence-electron chi connectivity index (χ4n) is 2.26. The molecule has 0 saturated carbocycles. The van der Waals surface area contributed by atoms with Gasteiger partial charge in [-0.25, -0.2) is 9.37 Å². The summed E-state index contributed by atoms with van der Waals surface area (Å²) < 4.78 is 15.7. The van der Waals surface area contributed by atoms with Crippen molar-refractivity contribution in [1.82, 2.24) is 14.5 Å². The number of imidazole rings is 1. The molecule has 0 amide bonds. The third kappa shape index (κ3) is 3.68. The van der Waals surface area contributed by atoms with E-state index in [1.165, 1.54) is 6.07 Å². The van der Waals surface area contributed by atoms with E-state index in [1.54, 1.807) is 6.07 Å². The summed E-state index contributed by atoms with van der Waals surface area (Å²) in [6, 6.07) is 3.50. The molecule has 21 heavy (non-hydrogen) atoms. The first-order valence-electron chi connectivity index (χ1n) is 7.04. The highest BCUT2D eigenvalue weighted by atomic mass is 35.5. The largest absolute Gasteiger partial charge is 0.327 e. The lowest BCUT2D eigenvalue weighted by molar-refractivity contribution is 0.265.